The van der Waals surface area contributed by atoms with Crippen LogP contribution in [-0.2, 0) is 9.53 Å². The Bertz CT molecular complexity index is 350. The van der Waals surface area contributed by atoms with Gasteiger partial charge in [-0.3, -0.25) is 4.79 Å². The summed E-state index contributed by atoms with van der Waals surface area (Å²) < 4.78 is 5.00. The van der Waals surface area contributed by atoms with Crippen LogP contribution >= 0.6 is 0 Å². The molecule has 0 saturated heterocycles. The second kappa shape index (κ2) is 6.28. The summed E-state index contributed by atoms with van der Waals surface area (Å²) in [7, 11) is 0. The van der Waals surface area contributed by atoms with Crippen LogP contribution in [0, 0.1) is 6.92 Å². The first-order chi connectivity index (χ1) is 7.65. The molecule has 16 heavy (non-hydrogen) atoms. The average molecular weight is 221 g/mol. The minimum Gasteiger partial charge on any atom is -0.466 e. The molecule has 0 aliphatic heterocycles. The first-order valence-electron chi connectivity index (χ1n) is 5.62. The zero-order chi connectivity index (χ0) is 12.0. The zero-order valence-corrected chi connectivity index (χ0v) is 9.90. The van der Waals surface area contributed by atoms with E-state index in [9.17, 15) is 4.79 Å². The Hall–Kier alpha value is -1.35. The van der Waals surface area contributed by atoms with Gasteiger partial charge in [-0.2, -0.15) is 0 Å². The lowest BCUT2D eigenvalue weighted by Crippen LogP contribution is -2.18. The highest BCUT2D eigenvalue weighted by molar-refractivity contribution is 5.70. The molecule has 1 rings (SSSR count). The monoisotopic (exact) mass is 221 g/mol. The molecule has 0 spiro atoms. The number of carbonyl (C=O) groups excluding carboxylic acids is 1. The maximum Gasteiger partial charge on any atom is 0.307 e. The fraction of sp³-hybridized carbons (Fsp3) is 0.462. The van der Waals surface area contributed by atoms with Gasteiger partial charge in [0.1, 0.15) is 0 Å². The van der Waals surface area contributed by atoms with E-state index < -0.39 is 0 Å². The molecule has 1 atom stereocenters. The molecule has 1 aromatic rings. The maximum absolute atomic E-state index is 11.4. The van der Waals surface area contributed by atoms with Gasteiger partial charge < -0.3 is 10.5 Å². The molecule has 0 fully saturated rings. The van der Waals surface area contributed by atoms with Crippen molar-refractivity contribution in [3.05, 3.63) is 35.4 Å². The first-order valence-corrected chi connectivity index (χ1v) is 5.62. The predicted molar refractivity (Wildman–Crippen MR) is 64.0 cm³/mol. The molecule has 0 aromatic heterocycles. The molecule has 0 bridgehead atoms. The first kappa shape index (κ1) is 12.7. The van der Waals surface area contributed by atoms with Crippen molar-refractivity contribution in [2.75, 3.05) is 6.61 Å². The van der Waals surface area contributed by atoms with Gasteiger partial charge in [-0.05, 0) is 24.5 Å². The lowest BCUT2D eigenvalue weighted by atomic mass is 10.00. The largest absolute Gasteiger partial charge is 0.466 e. The van der Waals surface area contributed by atoms with Crippen molar-refractivity contribution >= 4 is 5.97 Å². The Morgan fingerprint density at radius 3 is 2.75 bits per heavy atom. The average Bonchev–Trinajstić information content (AvgIpc) is 2.26. The van der Waals surface area contributed by atoms with Gasteiger partial charge in [-0.1, -0.05) is 31.2 Å². The van der Waals surface area contributed by atoms with E-state index in [0.717, 1.165) is 17.5 Å². The molecule has 1 unspecified atom stereocenters. The summed E-state index contributed by atoms with van der Waals surface area (Å²) in [5, 5.41) is 0. The summed E-state index contributed by atoms with van der Waals surface area (Å²) in [5.74, 6) is -0.224. The van der Waals surface area contributed by atoms with Crippen LogP contribution in [-0.4, -0.2) is 12.6 Å². The van der Waals surface area contributed by atoms with Crippen molar-refractivity contribution in [1.82, 2.24) is 0 Å². The van der Waals surface area contributed by atoms with Gasteiger partial charge in [0.25, 0.3) is 0 Å². The fourth-order valence-electron chi connectivity index (χ4n) is 1.57. The number of rotatable bonds is 5. The summed E-state index contributed by atoms with van der Waals surface area (Å²) in [4.78, 5) is 11.4. The second-order valence-electron chi connectivity index (χ2n) is 3.89. The third-order valence-electron chi connectivity index (χ3n) is 2.44. The third kappa shape index (κ3) is 3.66. The molecule has 0 heterocycles. The molecule has 1 aromatic carbocycles. The van der Waals surface area contributed by atoms with E-state index in [4.69, 9.17) is 10.5 Å². The summed E-state index contributed by atoms with van der Waals surface area (Å²) in [6, 6.07) is 7.56. The number of carbonyl (C=O) groups is 1. The van der Waals surface area contributed by atoms with Gasteiger partial charge in [0.05, 0.1) is 13.0 Å². The molecule has 0 aliphatic carbocycles. The second-order valence-corrected chi connectivity index (χ2v) is 3.89. The van der Waals surface area contributed by atoms with E-state index in [1.54, 1.807) is 0 Å². The standard InChI is InChI=1S/C13H19NO2/c1-3-8-16-13(15)9-12(14)11-7-5-4-6-10(11)2/h4-7,12H,3,8-9,14H2,1-2H3. The lowest BCUT2D eigenvalue weighted by Gasteiger charge is -2.13. The maximum atomic E-state index is 11.4. The zero-order valence-electron chi connectivity index (χ0n) is 9.90. The molecule has 3 nitrogen and oxygen atoms in total. The van der Waals surface area contributed by atoms with Crippen LogP contribution in [0.15, 0.2) is 24.3 Å². The minimum atomic E-state index is -0.273. The molecular weight excluding hydrogens is 202 g/mol. The van der Waals surface area contributed by atoms with Crippen LogP contribution in [0.1, 0.15) is 36.9 Å². The van der Waals surface area contributed by atoms with Crippen LogP contribution in [0.3, 0.4) is 0 Å². The van der Waals surface area contributed by atoms with E-state index in [2.05, 4.69) is 0 Å². The number of aryl methyl sites for hydroxylation is 1. The molecule has 2 N–H and O–H groups in total. The van der Waals surface area contributed by atoms with Gasteiger partial charge in [-0.25, -0.2) is 0 Å². The highest BCUT2D eigenvalue weighted by atomic mass is 16.5. The van der Waals surface area contributed by atoms with Crippen molar-refractivity contribution in [1.29, 1.82) is 0 Å². The fourth-order valence-corrected chi connectivity index (χ4v) is 1.57. The normalized spacial score (nSPS) is 12.2. The molecule has 0 amide bonds. The highest BCUT2D eigenvalue weighted by Crippen LogP contribution is 2.18. The summed E-state index contributed by atoms with van der Waals surface area (Å²) in [6.07, 6.45) is 1.08. The van der Waals surface area contributed by atoms with Crippen LogP contribution < -0.4 is 5.73 Å². The van der Waals surface area contributed by atoms with Crippen LogP contribution in [0.4, 0.5) is 0 Å². The molecular formula is C13H19NO2. The van der Waals surface area contributed by atoms with Gasteiger partial charge in [0, 0.05) is 6.04 Å². The molecule has 3 heteroatoms. The van der Waals surface area contributed by atoms with Crippen molar-refractivity contribution in [3.63, 3.8) is 0 Å². The van der Waals surface area contributed by atoms with Gasteiger partial charge in [0.15, 0.2) is 0 Å². The van der Waals surface area contributed by atoms with E-state index in [-0.39, 0.29) is 18.4 Å². The SMILES string of the molecule is CCCOC(=O)CC(N)c1ccccc1C. The molecule has 0 saturated carbocycles. The van der Waals surface area contributed by atoms with E-state index in [1.807, 2.05) is 38.1 Å². The van der Waals surface area contributed by atoms with Crippen molar-refractivity contribution in [2.45, 2.75) is 32.7 Å². The lowest BCUT2D eigenvalue weighted by molar-refractivity contribution is -0.144. The Labute approximate surface area is 96.6 Å². The smallest absolute Gasteiger partial charge is 0.307 e. The Morgan fingerprint density at radius 2 is 2.12 bits per heavy atom. The Balaban J connectivity index is 2.55. The third-order valence-corrected chi connectivity index (χ3v) is 2.44. The number of benzene rings is 1. The van der Waals surface area contributed by atoms with Crippen LogP contribution in [0.5, 0.6) is 0 Å². The summed E-state index contributed by atoms with van der Waals surface area (Å²) in [6.45, 7) is 4.43. The van der Waals surface area contributed by atoms with Gasteiger partial charge in [0.2, 0.25) is 0 Å². The van der Waals surface area contributed by atoms with Gasteiger partial charge >= 0.3 is 5.97 Å². The molecule has 88 valence electrons. The number of esters is 1. The van der Waals surface area contributed by atoms with Crippen LogP contribution in [0.25, 0.3) is 0 Å². The summed E-state index contributed by atoms with van der Waals surface area (Å²) >= 11 is 0. The van der Waals surface area contributed by atoms with E-state index in [0.29, 0.717) is 6.61 Å². The predicted octanol–water partition coefficient (Wildman–Crippen LogP) is 2.34. The van der Waals surface area contributed by atoms with Crippen molar-refractivity contribution in [3.8, 4) is 0 Å². The topological polar surface area (TPSA) is 52.3 Å². The number of nitrogens with two attached hydrogens (primary N) is 1. The summed E-state index contributed by atoms with van der Waals surface area (Å²) in [5.41, 5.74) is 8.09. The number of hydrogen-bond donors (Lipinski definition) is 1. The minimum absolute atomic E-state index is 0.224. The Kier molecular flexibility index (Phi) is 4.99. The van der Waals surface area contributed by atoms with E-state index in [1.165, 1.54) is 0 Å². The van der Waals surface area contributed by atoms with E-state index >= 15 is 0 Å². The Morgan fingerprint density at radius 1 is 1.44 bits per heavy atom. The van der Waals surface area contributed by atoms with Crippen molar-refractivity contribution in [2.24, 2.45) is 5.73 Å². The van der Waals surface area contributed by atoms with Crippen LogP contribution in [0.2, 0.25) is 0 Å². The quantitative estimate of drug-likeness (QED) is 0.776. The van der Waals surface area contributed by atoms with Crippen molar-refractivity contribution < 1.29 is 9.53 Å². The van der Waals surface area contributed by atoms with Gasteiger partial charge in [-0.15, -0.1) is 0 Å². The molecule has 0 radical (unpaired) electrons. The highest BCUT2D eigenvalue weighted by Gasteiger charge is 2.13. The number of hydrogen-bond acceptors (Lipinski definition) is 3. The molecule has 0 aliphatic rings. The number of ether oxygens (including phenoxy) is 1.